The summed E-state index contributed by atoms with van der Waals surface area (Å²) in [6, 6.07) is 2.84. The van der Waals surface area contributed by atoms with Gasteiger partial charge in [0, 0.05) is 6.20 Å². The lowest BCUT2D eigenvalue weighted by atomic mass is 10.1. The summed E-state index contributed by atoms with van der Waals surface area (Å²) < 4.78 is 0. The van der Waals surface area contributed by atoms with Crippen molar-refractivity contribution in [1.82, 2.24) is 10.2 Å². The zero-order valence-corrected chi connectivity index (χ0v) is 8.68. The molecule has 0 radical (unpaired) electrons. The fourth-order valence-electron chi connectivity index (χ4n) is 1.22. The van der Waals surface area contributed by atoms with Crippen LogP contribution in [0.5, 0.6) is 0 Å². The molecule has 5 nitrogen and oxygen atoms in total. The van der Waals surface area contributed by atoms with Gasteiger partial charge in [-0.05, 0) is 18.6 Å². The summed E-state index contributed by atoms with van der Waals surface area (Å²) in [6.45, 7) is 2.03. The Morgan fingerprint density at radius 1 is 1.67 bits per heavy atom. The largest absolute Gasteiger partial charge is 0.480 e. The van der Waals surface area contributed by atoms with E-state index in [2.05, 4.69) is 15.5 Å². The lowest BCUT2D eigenvalue weighted by Crippen LogP contribution is -2.29. The smallest absolute Gasteiger partial charge is 0.326 e. The van der Waals surface area contributed by atoms with Gasteiger partial charge in [-0.3, -0.25) is 0 Å². The predicted octanol–water partition coefficient (Wildman–Crippen LogP) is 1.53. The number of carbonyl (C=O) groups is 1. The normalized spacial score (nSPS) is 12.1. The molecule has 1 unspecified atom stereocenters. The van der Waals surface area contributed by atoms with Crippen molar-refractivity contribution < 1.29 is 9.90 Å². The monoisotopic (exact) mass is 209 g/mol. The van der Waals surface area contributed by atoms with Crippen LogP contribution >= 0.6 is 0 Å². The number of carboxylic acids is 1. The molecule has 0 aromatic carbocycles. The average Bonchev–Trinajstić information content (AvgIpc) is 2.25. The van der Waals surface area contributed by atoms with E-state index in [1.54, 1.807) is 18.3 Å². The fourth-order valence-corrected chi connectivity index (χ4v) is 1.22. The van der Waals surface area contributed by atoms with Gasteiger partial charge in [0.05, 0.1) is 0 Å². The zero-order valence-electron chi connectivity index (χ0n) is 8.68. The molecule has 5 heteroatoms. The first kappa shape index (κ1) is 11.4. The highest BCUT2D eigenvalue weighted by Crippen LogP contribution is 2.07. The van der Waals surface area contributed by atoms with E-state index >= 15 is 0 Å². The second-order valence-corrected chi connectivity index (χ2v) is 3.29. The van der Waals surface area contributed by atoms with Crippen molar-refractivity contribution in [2.45, 2.75) is 32.2 Å². The second-order valence-electron chi connectivity index (χ2n) is 3.29. The Morgan fingerprint density at radius 2 is 2.47 bits per heavy atom. The maximum Gasteiger partial charge on any atom is 0.326 e. The van der Waals surface area contributed by atoms with E-state index in [0.717, 1.165) is 12.8 Å². The van der Waals surface area contributed by atoms with Crippen LogP contribution in [-0.2, 0) is 4.79 Å². The van der Waals surface area contributed by atoms with E-state index in [1.165, 1.54) is 0 Å². The SMILES string of the molecule is CCCCC(Nc1cccnn1)C(=O)O. The van der Waals surface area contributed by atoms with E-state index in [9.17, 15) is 4.79 Å². The van der Waals surface area contributed by atoms with E-state index in [4.69, 9.17) is 5.11 Å². The molecule has 82 valence electrons. The summed E-state index contributed by atoms with van der Waals surface area (Å²) >= 11 is 0. The van der Waals surface area contributed by atoms with E-state index in [0.29, 0.717) is 12.2 Å². The number of rotatable bonds is 6. The first-order chi connectivity index (χ1) is 7.24. The van der Waals surface area contributed by atoms with Crippen LogP contribution in [0.15, 0.2) is 18.3 Å². The van der Waals surface area contributed by atoms with E-state index in [-0.39, 0.29) is 0 Å². The van der Waals surface area contributed by atoms with Crippen LogP contribution in [0.2, 0.25) is 0 Å². The van der Waals surface area contributed by atoms with Gasteiger partial charge in [0.1, 0.15) is 11.9 Å². The minimum Gasteiger partial charge on any atom is -0.480 e. The zero-order chi connectivity index (χ0) is 11.1. The molecule has 0 amide bonds. The molecular formula is C10H15N3O2. The van der Waals surface area contributed by atoms with Crippen molar-refractivity contribution in [3.63, 3.8) is 0 Å². The summed E-state index contributed by atoms with van der Waals surface area (Å²) in [5, 5.41) is 19.2. The van der Waals surface area contributed by atoms with Crippen LogP contribution < -0.4 is 5.32 Å². The van der Waals surface area contributed by atoms with Gasteiger partial charge in [-0.15, -0.1) is 5.10 Å². The number of hydrogen-bond donors (Lipinski definition) is 2. The van der Waals surface area contributed by atoms with Crippen molar-refractivity contribution in [3.8, 4) is 0 Å². The molecule has 0 bridgehead atoms. The van der Waals surface area contributed by atoms with Crippen molar-refractivity contribution >= 4 is 11.8 Å². The van der Waals surface area contributed by atoms with Crippen molar-refractivity contribution in [2.75, 3.05) is 5.32 Å². The van der Waals surface area contributed by atoms with Gasteiger partial charge in [-0.25, -0.2) is 4.79 Å². The molecule has 0 aliphatic heterocycles. The Bertz CT molecular complexity index is 303. The van der Waals surface area contributed by atoms with Crippen LogP contribution in [0.1, 0.15) is 26.2 Å². The highest BCUT2D eigenvalue weighted by atomic mass is 16.4. The molecular weight excluding hydrogens is 194 g/mol. The standard InChI is InChI=1S/C10H15N3O2/c1-2-3-5-8(10(14)15)12-9-6-4-7-11-13-9/h4,6-8H,2-3,5H2,1H3,(H,12,13)(H,14,15). The van der Waals surface area contributed by atoms with Crippen LogP contribution in [0.4, 0.5) is 5.82 Å². The highest BCUT2D eigenvalue weighted by molar-refractivity contribution is 5.76. The molecule has 1 atom stereocenters. The lowest BCUT2D eigenvalue weighted by molar-refractivity contribution is -0.138. The lowest BCUT2D eigenvalue weighted by Gasteiger charge is -2.13. The minimum atomic E-state index is -0.853. The summed E-state index contributed by atoms with van der Waals surface area (Å²) in [5.41, 5.74) is 0. The Kier molecular flexibility index (Phi) is 4.53. The number of aliphatic carboxylic acids is 1. The summed E-state index contributed by atoms with van der Waals surface area (Å²) in [4.78, 5) is 10.9. The second kappa shape index (κ2) is 5.95. The minimum absolute atomic E-state index is 0.501. The molecule has 0 saturated carbocycles. The van der Waals surface area contributed by atoms with Gasteiger partial charge in [-0.2, -0.15) is 5.10 Å². The Morgan fingerprint density at radius 3 is 3.00 bits per heavy atom. The first-order valence-electron chi connectivity index (χ1n) is 5.01. The van der Waals surface area contributed by atoms with Gasteiger partial charge in [0.15, 0.2) is 0 Å². The molecule has 0 spiro atoms. The topological polar surface area (TPSA) is 75.1 Å². The van der Waals surface area contributed by atoms with Crippen molar-refractivity contribution in [1.29, 1.82) is 0 Å². The average molecular weight is 209 g/mol. The summed E-state index contributed by atoms with van der Waals surface area (Å²) in [6.07, 6.45) is 4.01. The third-order valence-corrected chi connectivity index (χ3v) is 2.04. The molecule has 1 heterocycles. The van der Waals surface area contributed by atoms with Crippen LogP contribution in [0, 0.1) is 0 Å². The van der Waals surface area contributed by atoms with Crippen LogP contribution in [-0.4, -0.2) is 27.3 Å². The predicted molar refractivity (Wildman–Crippen MR) is 56.6 cm³/mol. The molecule has 0 aliphatic carbocycles. The van der Waals surface area contributed by atoms with Gasteiger partial charge >= 0.3 is 5.97 Å². The summed E-state index contributed by atoms with van der Waals surface area (Å²) in [7, 11) is 0. The number of anilines is 1. The Labute approximate surface area is 88.5 Å². The molecule has 2 N–H and O–H groups in total. The van der Waals surface area contributed by atoms with Crippen molar-refractivity contribution in [3.05, 3.63) is 18.3 Å². The quantitative estimate of drug-likeness (QED) is 0.743. The molecule has 1 rings (SSSR count). The van der Waals surface area contributed by atoms with Crippen LogP contribution in [0.3, 0.4) is 0 Å². The third-order valence-electron chi connectivity index (χ3n) is 2.04. The van der Waals surface area contributed by atoms with Crippen LogP contribution in [0.25, 0.3) is 0 Å². The van der Waals surface area contributed by atoms with Gasteiger partial charge in [0.2, 0.25) is 0 Å². The fraction of sp³-hybridized carbons (Fsp3) is 0.500. The molecule has 0 saturated heterocycles. The Hall–Kier alpha value is -1.65. The maximum absolute atomic E-state index is 10.9. The molecule has 1 aromatic heterocycles. The Balaban J connectivity index is 2.55. The van der Waals surface area contributed by atoms with Crippen molar-refractivity contribution in [2.24, 2.45) is 0 Å². The molecule has 0 fully saturated rings. The summed E-state index contributed by atoms with van der Waals surface area (Å²) in [5.74, 6) is -0.352. The number of nitrogens with one attached hydrogen (secondary N) is 1. The van der Waals surface area contributed by atoms with Gasteiger partial charge < -0.3 is 10.4 Å². The first-order valence-corrected chi connectivity index (χ1v) is 5.01. The molecule has 0 aliphatic rings. The number of nitrogens with zero attached hydrogens (tertiary/aromatic N) is 2. The third kappa shape index (κ3) is 3.93. The number of unbranched alkanes of at least 4 members (excludes halogenated alkanes) is 1. The molecule has 1 aromatic rings. The number of aromatic nitrogens is 2. The number of hydrogen-bond acceptors (Lipinski definition) is 4. The highest BCUT2D eigenvalue weighted by Gasteiger charge is 2.16. The number of carboxylic acid groups (broad SMARTS) is 1. The van der Waals surface area contributed by atoms with E-state index in [1.807, 2.05) is 6.92 Å². The molecule has 15 heavy (non-hydrogen) atoms. The van der Waals surface area contributed by atoms with Gasteiger partial charge in [-0.1, -0.05) is 19.8 Å². The van der Waals surface area contributed by atoms with Gasteiger partial charge in [0.25, 0.3) is 0 Å². The maximum atomic E-state index is 10.9. The van der Waals surface area contributed by atoms with E-state index < -0.39 is 12.0 Å².